The molecule has 2 nitrogen and oxygen atoms in total. The Morgan fingerprint density at radius 1 is 1.00 bits per heavy atom. The molecule has 0 fully saturated rings. The normalized spacial score (nSPS) is 13.8. The number of benzene rings is 2. The van der Waals surface area contributed by atoms with Crippen molar-refractivity contribution in [2.75, 3.05) is 0 Å². The fraction of sp³-hybridized carbons (Fsp3) is 0.235. The molecule has 98 valence electrons. The van der Waals surface area contributed by atoms with Gasteiger partial charge in [-0.25, -0.2) is 0 Å². The fourth-order valence-corrected chi connectivity index (χ4v) is 2.09. The molecular weight excluding hydrogens is 236 g/mol. The Kier molecular flexibility index (Phi) is 4.48. The van der Waals surface area contributed by atoms with E-state index in [2.05, 4.69) is 0 Å². The molecule has 2 atom stereocenters. The zero-order valence-electron chi connectivity index (χ0n) is 11.0. The zero-order valence-corrected chi connectivity index (χ0v) is 11.0. The van der Waals surface area contributed by atoms with Crippen molar-refractivity contribution in [2.24, 2.45) is 0 Å². The van der Waals surface area contributed by atoms with Crippen LogP contribution in [0.4, 0.5) is 0 Å². The van der Waals surface area contributed by atoms with Gasteiger partial charge in [0.15, 0.2) is 5.78 Å². The van der Waals surface area contributed by atoms with Gasteiger partial charge in [-0.3, -0.25) is 4.79 Å². The molecule has 0 radical (unpaired) electrons. The van der Waals surface area contributed by atoms with E-state index >= 15 is 0 Å². The van der Waals surface area contributed by atoms with Crippen LogP contribution in [-0.4, -0.2) is 17.0 Å². The largest absolute Gasteiger partial charge is 0.392 e. The van der Waals surface area contributed by atoms with Gasteiger partial charge in [0.05, 0.1) is 6.10 Å². The van der Waals surface area contributed by atoms with Gasteiger partial charge < -0.3 is 5.11 Å². The molecule has 0 aliphatic carbocycles. The summed E-state index contributed by atoms with van der Waals surface area (Å²) in [4.78, 5) is 12.0. The number of Topliss-reactive ketones (excluding diaryl/α,β-unsaturated/α-hetero) is 1. The van der Waals surface area contributed by atoms with E-state index in [4.69, 9.17) is 0 Å². The van der Waals surface area contributed by atoms with Crippen LogP contribution in [0.5, 0.6) is 0 Å². The van der Waals surface area contributed by atoms with Gasteiger partial charge in [-0.05, 0) is 5.56 Å². The number of carbonyl (C=O) groups excluding carboxylic acids is 1. The maximum atomic E-state index is 12.0. The number of aliphatic hydroxyl groups excluding tert-OH is 1. The van der Waals surface area contributed by atoms with Gasteiger partial charge in [0.25, 0.3) is 0 Å². The van der Waals surface area contributed by atoms with Crippen LogP contribution in [0.2, 0.25) is 0 Å². The molecule has 0 aromatic heterocycles. The van der Waals surface area contributed by atoms with Crippen LogP contribution < -0.4 is 0 Å². The molecule has 0 saturated carbocycles. The number of aliphatic hydroxyl groups is 1. The average Bonchev–Trinajstić information content (AvgIpc) is 2.48. The first-order valence-corrected chi connectivity index (χ1v) is 6.49. The van der Waals surface area contributed by atoms with Gasteiger partial charge in [-0.1, -0.05) is 67.6 Å². The maximum Gasteiger partial charge on any atom is 0.165 e. The van der Waals surface area contributed by atoms with Crippen LogP contribution in [0, 0.1) is 0 Å². The van der Waals surface area contributed by atoms with Crippen LogP contribution in [0.25, 0.3) is 0 Å². The topological polar surface area (TPSA) is 37.3 Å². The first-order valence-electron chi connectivity index (χ1n) is 6.49. The van der Waals surface area contributed by atoms with Crippen molar-refractivity contribution in [3.8, 4) is 0 Å². The van der Waals surface area contributed by atoms with Gasteiger partial charge in [-0.2, -0.15) is 0 Å². The van der Waals surface area contributed by atoms with E-state index in [1.807, 2.05) is 55.5 Å². The zero-order chi connectivity index (χ0) is 13.7. The highest BCUT2D eigenvalue weighted by Gasteiger charge is 2.19. The molecule has 0 heterocycles. The van der Waals surface area contributed by atoms with E-state index in [9.17, 15) is 9.90 Å². The Morgan fingerprint density at radius 2 is 1.53 bits per heavy atom. The lowest BCUT2D eigenvalue weighted by Crippen LogP contribution is -2.20. The molecule has 2 unspecified atom stereocenters. The van der Waals surface area contributed by atoms with Crippen molar-refractivity contribution in [2.45, 2.75) is 25.4 Å². The van der Waals surface area contributed by atoms with Gasteiger partial charge in [0, 0.05) is 17.9 Å². The second-order valence-electron chi connectivity index (χ2n) is 4.76. The van der Waals surface area contributed by atoms with Crippen LogP contribution in [0.1, 0.15) is 35.2 Å². The lowest BCUT2D eigenvalue weighted by Gasteiger charge is -2.18. The van der Waals surface area contributed by atoms with E-state index in [-0.39, 0.29) is 18.1 Å². The highest BCUT2D eigenvalue weighted by atomic mass is 16.3. The third-order valence-corrected chi connectivity index (χ3v) is 3.39. The summed E-state index contributed by atoms with van der Waals surface area (Å²) in [5, 5.41) is 10.2. The highest BCUT2D eigenvalue weighted by Crippen LogP contribution is 2.22. The number of rotatable bonds is 5. The van der Waals surface area contributed by atoms with Gasteiger partial charge in [-0.15, -0.1) is 0 Å². The number of ketones is 1. The molecule has 0 aliphatic rings. The van der Waals surface area contributed by atoms with Crippen LogP contribution in [0.3, 0.4) is 0 Å². The summed E-state index contributed by atoms with van der Waals surface area (Å²) in [6, 6.07) is 18.9. The van der Waals surface area contributed by atoms with E-state index in [0.717, 1.165) is 5.56 Å². The lowest BCUT2D eigenvalue weighted by molar-refractivity contribution is 0.0844. The molecule has 0 amide bonds. The molecule has 2 aromatic rings. The Balaban J connectivity index is 2.02. The summed E-state index contributed by atoms with van der Waals surface area (Å²) < 4.78 is 0. The Labute approximate surface area is 113 Å². The molecule has 0 bridgehead atoms. The van der Waals surface area contributed by atoms with Gasteiger partial charge >= 0.3 is 0 Å². The Hall–Kier alpha value is -1.93. The summed E-state index contributed by atoms with van der Waals surface area (Å²) in [6.07, 6.45) is -0.504. The minimum absolute atomic E-state index is 0.0177. The van der Waals surface area contributed by atoms with Crippen molar-refractivity contribution < 1.29 is 9.90 Å². The average molecular weight is 254 g/mol. The predicted molar refractivity (Wildman–Crippen MR) is 76.3 cm³/mol. The van der Waals surface area contributed by atoms with Crippen LogP contribution >= 0.6 is 0 Å². The monoisotopic (exact) mass is 254 g/mol. The van der Waals surface area contributed by atoms with Crippen molar-refractivity contribution in [3.05, 3.63) is 71.8 Å². The first-order chi connectivity index (χ1) is 9.18. The molecular formula is C17H18O2. The fourth-order valence-electron chi connectivity index (χ4n) is 2.09. The molecule has 2 rings (SSSR count). The number of hydrogen-bond acceptors (Lipinski definition) is 2. The first kappa shape index (κ1) is 13.5. The third-order valence-electron chi connectivity index (χ3n) is 3.39. The quantitative estimate of drug-likeness (QED) is 0.830. The Morgan fingerprint density at radius 3 is 2.11 bits per heavy atom. The summed E-state index contributed by atoms with van der Waals surface area (Å²) in [5.74, 6) is -0.0651. The van der Waals surface area contributed by atoms with Crippen molar-refractivity contribution in [3.63, 3.8) is 0 Å². The summed E-state index contributed by atoms with van der Waals surface area (Å²) in [7, 11) is 0. The maximum absolute atomic E-state index is 12.0. The van der Waals surface area contributed by atoms with Gasteiger partial charge in [0.1, 0.15) is 0 Å². The molecule has 0 spiro atoms. The van der Waals surface area contributed by atoms with Crippen molar-refractivity contribution in [1.29, 1.82) is 0 Å². The summed E-state index contributed by atoms with van der Waals surface area (Å²) >= 11 is 0. The molecule has 19 heavy (non-hydrogen) atoms. The van der Waals surface area contributed by atoms with Crippen molar-refractivity contribution in [1.82, 2.24) is 0 Å². The van der Waals surface area contributed by atoms with E-state index in [1.54, 1.807) is 12.1 Å². The minimum Gasteiger partial charge on any atom is -0.392 e. The second-order valence-corrected chi connectivity index (χ2v) is 4.76. The van der Waals surface area contributed by atoms with Crippen LogP contribution in [0.15, 0.2) is 60.7 Å². The second kappa shape index (κ2) is 6.30. The minimum atomic E-state index is -0.657. The molecule has 2 heteroatoms. The highest BCUT2D eigenvalue weighted by molar-refractivity contribution is 5.96. The van der Waals surface area contributed by atoms with E-state index in [0.29, 0.717) is 5.56 Å². The predicted octanol–water partition coefficient (Wildman–Crippen LogP) is 3.42. The summed E-state index contributed by atoms with van der Waals surface area (Å²) in [5.41, 5.74) is 1.71. The third kappa shape index (κ3) is 3.52. The molecule has 0 saturated heterocycles. The number of hydrogen-bond donors (Lipinski definition) is 1. The number of carbonyl (C=O) groups is 1. The van der Waals surface area contributed by atoms with E-state index < -0.39 is 6.10 Å². The molecule has 0 aliphatic heterocycles. The molecule has 1 N–H and O–H groups in total. The SMILES string of the molecule is CC(c1ccccc1)C(O)CC(=O)c1ccccc1. The molecule has 2 aromatic carbocycles. The Bertz CT molecular complexity index is 519. The summed E-state index contributed by atoms with van der Waals surface area (Å²) in [6.45, 7) is 1.94. The standard InChI is InChI=1S/C17H18O2/c1-13(14-8-4-2-5-9-14)16(18)12-17(19)15-10-6-3-7-11-15/h2-11,13,16,18H,12H2,1H3. The van der Waals surface area contributed by atoms with Gasteiger partial charge in [0.2, 0.25) is 0 Å². The van der Waals surface area contributed by atoms with Crippen LogP contribution in [-0.2, 0) is 0 Å². The lowest BCUT2D eigenvalue weighted by atomic mass is 9.91. The smallest absolute Gasteiger partial charge is 0.165 e. The van der Waals surface area contributed by atoms with Crippen molar-refractivity contribution >= 4 is 5.78 Å². The van der Waals surface area contributed by atoms with E-state index in [1.165, 1.54) is 0 Å².